The Morgan fingerprint density at radius 1 is 1.00 bits per heavy atom. The van der Waals surface area contributed by atoms with Crippen LogP contribution in [-0.2, 0) is 6.42 Å². The summed E-state index contributed by atoms with van der Waals surface area (Å²) >= 11 is 0. The topological polar surface area (TPSA) is 43.0 Å². The van der Waals surface area contributed by atoms with Gasteiger partial charge in [-0.3, -0.25) is 4.57 Å². The Morgan fingerprint density at radius 3 is 2.70 bits per heavy atom. The first-order valence-corrected chi connectivity index (χ1v) is 6.75. The van der Waals surface area contributed by atoms with Gasteiger partial charge in [-0.25, -0.2) is 0 Å². The maximum Gasteiger partial charge on any atom is 0.119 e. The summed E-state index contributed by atoms with van der Waals surface area (Å²) in [6, 6.07) is 16.4. The molecule has 1 aliphatic rings. The number of rotatable bonds is 1. The molecule has 2 aromatic carbocycles. The van der Waals surface area contributed by atoms with Gasteiger partial charge in [0.15, 0.2) is 0 Å². The third-order valence-corrected chi connectivity index (χ3v) is 3.80. The zero-order chi connectivity index (χ0) is 13.5. The van der Waals surface area contributed by atoms with Crippen molar-refractivity contribution in [1.82, 2.24) is 4.57 Å². The first kappa shape index (κ1) is 11.2. The van der Waals surface area contributed by atoms with E-state index in [0.29, 0.717) is 0 Å². The molecule has 3 aromatic rings. The van der Waals surface area contributed by atoms with E-state index in [0.717, 1.165) is 29.1 Å². The van der Waals surface area contributed by atoms with Crippen LogP contribution in [-0.4, -0.2) is 4.57 Å². The summed E-state index contributed by atoms with van der Waals surface area (Å²) in [7, 11) is 0. The number of aromatic nitrogens is 1. The standard InChI is InChI=1S/C17H15N3/c18-15-10-4-8-13-14-9-5-11-19-17(14)20(16(13)15)12-6-2-1-3-7-12/h1-8,10-11,19H,9,18H2. The molecule has 0 saturated heterocycles. The van der Waals surface area contributed by atoms with Crippen molar-refractivity contribution in [2.45, 2.75) is 6.42 Å². The minimum Gasteiger partial charge on any atom is -0.397 e. The Morgan fingerprint density at radius 2 is 1.85 bits per heavy atom. The van der Waals surface area contributed by atoms with Crippen molar-refractivity contribution < 1.29 is 0 Å². The second-order valence-corrected chi connectivity index (χ2v) is 4.99. The fourth-order valence-electron chi connectivity index (χ4n) is 2.94. The second-order valence-electron chi connectivity index (χ2n) is 4.99. The summed E-state index contributed by atoms with van der Waals surface area (Å²) in [5, 5.41) is 4.60. The van der Waals surface area contributed by atoms with Crippen molar-refractivity contribution in [2.75, 3.05) is 11.1 Å². The fraction of sp³-hybridized carbons (Fsp3) is 0.0588. The fourth-order valence-corrected chi connectivity index (χ4v) is 2.94. The lowest BCUT2D eigenvalue weighted by atomic mass is 10.1. The van der Waals surface area contributed by atoms with Crippen LogP contribution in [0.15, 0.2) is 60.8 Å². The average molecular weight is 261 g/mol. The van der Waals surface area contributed by atoms with Gasteiger partial charge in [-0.05, 0) is 30.8 Å². The van der Waals surface area contributed by atoms with Crippen LogP contribution < -0.4 is 11.1 Å². The van der Waals surface area contributed by atoms with Gasteiger partial charge in [0.2, 0.25) is 0 Å². The van der Waals surface area contributed by atoms with Crippen molar-refractivity contribution in [1.29, 1.82) is 0 Å². The molecule has 20 heavy (non-hydrogen) atoms. The molecule has 0 amide bonds. The molecule has 0 radical (unpaired) electrons. The van der Waals surface area contributed by atoms with E-state index >= 15 is 0 Å². The van der Waals surface area contributed by atoms with Crippen LogP contribution in [0.2, 0.25) is 0 Å². The summed E-state index contributed by atoms with van der Waals surface area (Å²) < 4.78 is 2.21. The van der Waals surface area contributed by atoms with E-state index in [2.05, 4.69) is 34.2 Å². The largest absolute Gasteiger partial charge is 0.397 e. The Balaban J connectivity index is 2.15. The summed E-state index contributed by atoms with van der Waals surface area (Å²) in [5.74, 6) is 1.12. The predicted molar refractivity (Wildman–Crippen MR) is 84.2 cm³/mol. The number of nitrogen functional groups attached to an aromatic ring is 1. The molecule has 0 fully saturated rings. The molecule has 1 aliphatic heterocycles. The molecule has 4 rings (SSSR count). The summed E-state index contributed by atoms with van der Waals surface area (Å²) in [6.45, 7) is 0. The summed E-state index contributed by atoms with van der Waals surface area (Å²) in [4.78, 5) is 0. The van der Waals surface area contributed by atoms with Crippen molar-refractivity contribution in [3.8, 4) is 5.69 Å². The van der Waals surface area contributed by atoms with Gasteiger partial charge in [0.05, 0.1) is 11.2 Å². The van der Waals surface area contributed by atoms with Gasteiger partial charge in [-0.2, -0.15) is 0 Å². The maximum absolute atomic E-state index is 6.24. The number of nitrogens with zero attached hydrogens (tertiary/aromatic N) is 1. The number of nitrogens with one attached hydrogen (secondary N) is 1. The average Bonchev–Trinajstić information content (AvgIpc) is 2.84. The lowest BCUT2D eigenvalue weighted by Crippen LogP contribution is -2.05. The lowest BCUT2D eigenvalue weighted by Gasteiger charge is -2.14. The van der Waals surface area contributed by atoms with E-state index < -0.39 is 0 Å². The molecule has 0 unspecified atom stereocenters. The van der Waals surface area contributed by atoms with Gasteiger partial charge in [-0.15, -0.1) is 0 Å². The smallest absolute Gasteiger partial charge is 0.119 e. The maximum atomic E-state index is 6.24. The molecule has 0 atom stereocenters. The van der Waals surface area contributed by atoms with E-state index in [9.17, 15) is 0 Å². The van der Waals surface area contributed by atoms with Gasteiger partial charge in [0.1, 0.15) is 5.82 Å². The van der Waals surface area contributed by atoms with Crippen molar-refractivity contribution >= 4 is 22.4 Å². The number of hydrogen-bond donors (Lipinski definition) is 2. The Kier molecular flexibility index (Phi) is 2.33. The minimum absolute atomic E-state index is 0.808. The first-order valence-electron chi connectivity index (χ1n) is 6.75. The zero-order valence-electron chi connectivity index (χ0n) is 11.0. The SMILES string of the molecule is Nc1cccc2c3c(n(-c4ccccc4)c12)NC=CC3. The molecule has 98 valence electrons. The van der Waals surface area contributed by atoms with Crippen molar-refractivity contribution in [3.05, 3.63) is 66.4 Å². The molecule has 0 spiro atoms. The second kappa shape index (κ2) is 4.17. The number of hydrogen-bond acceptors (Lipinski definition) is 2. The van der Waals surface area contributed by atoms with Crippen LogP contribution in [0, 0.1) is 0 Å². The van der Waals surface area contributed by atoms with Crippen LogP contribution >= 0.6 is 0 Å². The number of para-hydroxylation sites is 2. The van der Waals surface area contributed by atoms with Crippen LogP contribution in [0.3, 0.4) is 0 Å². The van der Waals surface area contributed by atoms with E-state index in [4.69, 9.17) is 5.73 Å². The molecular weight excluding hydrogens is 246 g/mol. The highest BCUT2D eigenvalue weighted by atomic mass is 15.1. The molecular formula is C17H15N3. The molecule has 3 nitrogen and oxygen atoms in total. The number of fused-ring (bicyclic) bond motifs is 3. The monoisotopic (exact) mass is 261 g/mol. The highest BCUT2D eigenvalue weighted by Gasteiger charge is 2.19. The Hall–Kier alpha value is -2.68. The highest BCUT2D eigenvalue weighted by molar-refractivity contribution is 5.99. The van der Waals surface area contributed by atoms with Gasteiger partial charge in [0, 0.05) is 16.6 Å². The number of benzene rings is 2. The molecule has 0 bridgehead atoms. The van der Waals surface area contributed by atoms with Crippen LogP contribution in [0.1, 0.15) is 5.56 Å². The number of anilines is 2. The quantitative estimate of drug-likeness (QED) is 0.656. The Bertz CT molecular complexity index is 813. The number of nitrogens with two attached hydrogens (primary N) is 1. The van der Waals surface area contributed by atoms with E-state index in [1.54, 1.807) is 0 Å². The predicted octanol–water partition coefficient (Wildman–Crippen LogP) is 3.69. The van der Waals surface area contributed by atoms with Crippen LogP contribution in [0.5, 0.6) is 0 Å². The first-order chi connectivity index (χ1) is 9.86. The number of allylic oxidation sites excluding steroid dienone is 1. The molecule has 0 saturated carbocycles. The van der Waals surface area contributed by atoms with Gasteiger partial charge in [-0.1, -0.05) is 36.4 Å². The van der Waals surface area contributed by atoms with Crippen molar-refractivity contribution in [3.63, 3.8) is 0 Å². The summed E-state index contributed by atoms with van der Waals surface area (Å²) in [6.07, 6.45) is 5.07. The van der Waals surface area contributed by atoms with Crippen molar-refractivity contribution in [2.24, 2.45) is 0 Å². The molecule has 0 aliphatic carbocycles. The summed E-state index contributed by atoms with van der Waals surface area (Å²) in [5.41, 5.74) is 10.6. The Labute approximate surface area is 117 Å². The molecule has 3 N–H and O–H groups in total. The third kappa shape index (κ3) is 1.46. The molecule has 3 heteroatoms. The highest BCUT2D eigenvalue weighted by Crippen LogP contribution is 2.37. The lowest BCUT2D eigenvalue weighted by molar-refractivity contribution is 1.09. The van der Waals surface area contributed by atoms with Crippen LogP contribution in [0.25, 0.3) is 16.6 Å². The minimum atomic E-state index is 0.808. The van der Waals surface area contributed by atoms with Crippen LogP contribution in [0.4, 0.5) is 11.5 Å². The zero-order valence-corrected chi connectivity index (χ0v) is 11.0. The van der Waals surface area contributed by atoms with E-state index in [1.807, 2.05) is 36.5 Å². The molecule has 1 aromatic heterocycles. The van der Waals surface area contributed by atoms with Gasteiger partial charge < -0.3 is 11.1 Å². The molecule has 2 heterocycles. The van der Waals surface area contributed by atoms with E-state index in [1.165, 1.54) is 10.9 Å². The third-order valence-electron chi connectivity index (χ3n) is 3.80. The van der Waals surface area contributed by atoms with Gasteiger partial charge >= 0.3 is 0 Å². The normalized spacial score (nSPS) is 13.2. The van der Waals surface area contributed by atoms with E-state index in [-0.39, 0.29) is 0 Å². The van der Waals surface area contributed by atoms with Gasteiger partial charge in [0.25, 0.3) is 0 Å².